The van der Waals surface area contributed by atoms with Crippen LogP contribution in [0.3, 0.4) is 0 Å². The molecule has 1 amide bonds. The number of anilines is 1. The average Bonchev–Trinajstić information content (AvgIpc) is 3.15. The van der Waals surface area contributed by atoms with Crippen LogP contribution in [0.15, 0.2) is 71.6 Å². The minimum absolute atomic E-state index is 0.0333. The van der Waals surface area contributed by atoms with Crippen molar-refractivity contribution in [2.24, 2.45) is 0 Å². The summed E-state index contributed by atoms with van der Waals surface area (Å²) < 4.78 is 1.10. The first-order valence-electron chi connectivity index (χ1n) is 9.43. The first kappa shape index (κ1) is 19.7. The number of thioether (sulfide) groups is 1. The fourth-order valence-electron chi connectivity index (χ4n) is 3.16. The van der Waals surface area contributed by atoms with Crippen LogP contribution in [-0.4, -0.2) is 17.1 Å². The second-order valence-electron chi connectivity index (χ2n) is 7.01. The van der Waals surface area contributed by atoms with Gasteiger partial charge in [0.25, 0.3) is 5.91 Å². The number of amides is 1. The number of benzene rings is 3. The molecule has 0 aliphatic heterocycles. The maximum absolute atomic E-state index is 13.4. The Bertz CT molecular complexity index is 1110. The normalized spacial score (nSPS) is 11.0. The summed E-state index contributed by atoms with van der Waals surface area (Å²) in [5.74, 6) is -0.0333. The molecular formula is C24H22N2OS2. The molecule has 0 aliphatic rings. The van der Waals surface area contributed by atoms with E-state index < -0.39 is 0 Å². The van der Waals surface area contributed by atoms with Gasteiger partial charge in [-0.25, -0.2) is 4.98 Å². The summed E-state index contributed by atoms with van der Waals surface area (Å²) >= 11 is 3.24. The average molecular weight is 419 g/mol. The summed E-state index contributed by atoms with van der Waals surface area (Å²) in [5, 5.41) is 0.729. The maximum Gasteiger partial charge on any atom is 0.260 e. The van der Waals surface area contributed by atoms with E-state index in [9.17, 15) is 4.79 Å². The molecular weight excluding hydrogens is 396 g/mol. The zero-order chi connectivity index (χ0) is 20.4. The predicted octanol–water partition coefficient (Wildman–Crippen LogP) is 6.48. The van der Waals surface area contributed by atoms with Crippen LogP contribution in [0.2, 0.25) is 0 Å². The number of hydrogen-bond donors (Lipinski definition) is 0. The highest BCUT2D eigenvalue weighted by molar-refractivity contribution is 7.98. The van der Waals surface area contributed by atoms with Crippen LogP contribution in [0, 0.1) is 13.8 Å². The molecule has 3 nitrogen and oxygen atoms in total. The van der Waals surface area contributed by atoms with Crippen molar-refractivity contribution >= 4 is 44.4 Å². The van der Waals surface area contributed by atoms with Gasteiger partial charge < -0.3 is 0 Å². The van der Waals surface area contributed by atoms with Gasteiger partial charge in [-0.15, -0.1) is 11.8 Å². The Balaban J connectivity index is 1.76. The summed E-state index contributed by atoms with van der Waals surface area (Å²) in [6.45, 7) is 4.68. The van der Waals surface area contributed by atoms with E-state index in [2.05, 4.69) is 26.0 Å². The van der Waals surface area contributed by atoms with Crippen LogP contribution >= 0.6 is 23.1 Å². The number of aromatic nitrogens is 1. The van der Waals surface area contributed by atoms with Gasteiger partial charge in [0.1, 0.15) is 0 Å². The molecule has 0 radical (unpaired) electrons. The van der Waals surface area contributed by atoms with Crippen molar-refractivity contribution in [1.29, 1.82) is 0 Å². The van der Waals surface area contributed by atoms with E-state index in [0.29, 0.717) is 12.1 Å². The quantitative estimate of drug-likeness (QED) is 0.348. The zero-order valence-corrected chi connectivity index (χ0v) is 18.3. The molecule has 4 aromatic rings. The molecule has 0 unspecified atom stereocenters. The lowest BCUT2D eigenvalue weighted by Crippen LogP contribution is -2.30. The monoisotopic (exact) mass is 418 g/mol. The lowest BCUT2D eigenvalue weighted by molar-refractivity contribution is 0.0985. The molecule has 5 heteroatoms. The smallest absolute Gasteiger partial charge is 0.260 e. The van der Waals surface area contributed by atoms with Gasteiger partial charge in [-0.1, -0.05) is 41.7 Å². The van der Waals surface area contributed by atoms with E-state index in [0.717, 1.165) is 25.8 Å². The van der Waals surface area contributed by atoms with Gasteiger partial charge in [0.2, 0.25) is 0 Å². The summed E-state index contributed by atoms with van der Waals surface area (Å²) in [5.41, 5.74) is 5.14. The minimum atomic E-state index is -0.0333. The number of thiazole rings is 1. The number of hydrogen-bond acceptors (Lipinski definition) is 4. The largest absolute Gasteiger partial charge is 0.279 e. The van der Waals surface area contributed by atoms with Crippen LogP contribution in [0.5, 0.6) is 0 Å². The topological polar surface area (TPSA) is 33.2 Å². The van der Waals surface area contributed by atoms with Gasteiger partial charge in [0.15, 0.2) is 5.13 Å². The van der Waals surface area contributed by atoms with Crippen LogP contribution in [-0.2, 0) is 6.54 Å². The zero-order valence-electron chi connectivity index (χ0n) is 16.7. The van der Waals surface area contributed by atoms with Crippen molar-refractivity contribution in [2.75, 3.05) is 11.2 Å². The van der Waals surface area contributed by atoms with E-state index in [4.69, 9.17) is 4.98 Å². The van der Waals surface area contributed by atoms with Gasteiger partial charge in [0.05, 0.1) is 16.8 Å². The van der Waals surface area contributed by atoms with Crippen LogP contribution < -0.4 is 4.90 Å². The molecule has 4 rings (SSSR count). The third-order valence-corrected chi connectivity index (χ3v) is 6.77. The van der Waals surface area contributed by atoms with Gasteiger partial charge in [0, 0.05) is 10.5 Å². The minimum Gasteiger partial charge on any atom is -0.279 e. The van der Waals surface area contributed by atoms with Crippen molar-refractivity contribution in [1.82, 2.24) is 4.98 Å². The fourth-order valence-corrected chi connectivity index (χ4v) is 4.62. The van der Waals surface area contributed by atoms with Gasteiger partial charge in [-0.3, -0.25) is 9.69 Å². The van der Waals surface area contributed by atoms with Crippen molar-refractivity contribution in [3.8, 4) is 0 Å². The molecule has 0 spiro atoms. The Morgan fingerprint density at radius 1 is 1.00 bits per heavy atom. The summed E-state index contributed by atoms with van der Waals surface area (Å²) in [4.78, 5) is 21.2. The predicted molar refractivity (Wildman–Crippen MR) is 124 cm³/mol. The van der Waals surface area contributed by atoms with E-state index in [1.165, 1.54) is 11.1 Å². The molecule has 0 N–H and O–H groups in total. The number of fused-ring (bicyclic) bond motifs is 1. The molecule has 0 saturated heterocycles. The van der Waals surface area contributed by atoms with E-state index >= 15 is 0 Å². The third-order valence-electron chi connectivity index (χ3n) is 4.99. The molecule has 0 atom stereocenters. The Kier molecular flexibility index (Phi) is 5.69. The first-order chi connectivity index (χ1) is 14.0. The molecule has 1 heterocycles. The third kappa shape index (κ3) is 4.21. The summed E-state index contributed by atoms with van der Waals surface area (Å²) in [6, 6.07) is 22.1. The lowest BCUT2D eigenvalue weighted by Gasteiger charge is -2.20. The molecule has 0 fully saturated rings. The Morgan fingerprint density at radius 2 is 1.69 bits per heavy atom. The van der Waals surface area contributed by atoms with Crippen molar-refractivity contribution in [3.63, 3.8) is 0 Å². The number of rotatable bonds is 5. The molecule has 3 aromatic carbocycles. The highest BCUT2D eigenvalue weighted by Gasteiger charge is 2.22. The Morgan fingerprint density at radius 3 is 2.38 bits per heavy atom. The lowest BCUT2D eigenvalue weighted by atomic mass is 10.1. The number of nitrogens with zero attached hydrogens (tertiary/aromatic N) is 2. The fraction of sp³-hybridized carbons (Fsp3) is 0.167. The highest BCUT2D eigenvalue weighted by Crippen LogP contribution is 2.32. The van der Waals surface area contributed by atoms with Crippen molar-refractivity contribution in [2.45, 2.75) is 25.3 Å². The van der Waals surface area contributed by atoms with E-state index in [1.54, 1.807) is 28.0 Å². The van der Waals surface area contributed by atoms with Crippen LogP contribution in [0.25, 0.3) is 10.2 Å². The highest BCUT2D eigenvalue weighted by atomic mass is 32.2. The van der Waals surface area contributed by atoms with Gasteiger partial charge >= 0.3 is 0 Å². The van der Waals surface area contributed by atoms with E-state index in [1.807, 2.05) is 60.9 Å². The van der Waals surface area contributed by atoms with Gasteiger partial charge in [-0.2, -0.15) is 0 Å². The maximum atomic E-state index is 13.4. The van der Waals surface area contributed by atoms with Crippen molar-refractivity contribution in [3.05, 3.63) is 89.0 Å². The van der Waals surface area contributed by atoms with Gasteiger partial charge in [-0.05, 0) is 73.2 Å². The van der Waals surface area contributed by atoms with Crippen LogP contribution in [0.4, 0.5) is 5.13 Å². The Hall–Kier alpha value is -2.63. The SMILES string of the molecule is CSc1ccc(C(=O)N(Cc2ccccc2)c2nc3cc(C)c(C)cc3s2)cc1. The first-order valence-corrected chi connectivity index (χ1v) is 11.5. The Labute approximate surface area is 179 Å². The van der Waals surface area contributed by atoms with Crippen LogP contribution in [0.1, 0.15) is 27.0 Å². The summed E-state index contributed by atoms with van der Waals surface area (Å²) in [7, 11) is 0. The van der Waals surface area contributed by atoms with Crippen molar-refractivity contribution < 1.29 is 4.79 Å². The molecule has 146 valence electrons. The molecule has 0 saturated carbocycles. The van der Waals surface area contributed by atoms with E-state index in [-0.39, 0.29) is 5.91 Å². The molecule has 1 aromatic heterocycles. The molecule has 29 heavy (non-hydrogen) atoms. The second kappa shape index (κ2) is 8.39. The number of carbonyl (C=O) groups excluding carboxylic acids is 1. The molecule has 0 bridgehead atoms. The number of carbonyl (C=O) groups is 1. The summed E-state index contributed by atoms with van der Waals surface area (Å²) in [6.07, 6.45) is 2.03. The number of aryl methyl sites for hydroxylation is 2. The second-order valence-corrected chi connectivity index (χ2v) is 8.89. The molecule has 0 aliphatic carbocycles. The standard InChI is InChI=1S/C24H22N2OS2/c1-16-13-21-22(14-17(16)2)29-24(25-21)26(15-18-7-5-4-6-8-18)23(27)19-9-11-20(28-3)12-10-19/h4-14H,15H2,1-3H3.